The van der Waals surface area contributed by atoms with Gasteiger partial charge in [0.25, 0.3) is 0 Å². The van der Waals surface area contributed by atoms with Gasteiger partial charge in [-0.3, -0.25) is 4.79 Å². The standard InChI is InChI=1S/C9H11FO3/c1-3-7(10)8(4-2)13-6-5-9(11)12/h3-4H,1-2,5-6H2,(H,11,12)/b8-7-. The maximum atomic E-state index is 12.7. The van der Waals surface area contributed by atoms with Crippen molar-refractivity contribution in [1.82, 2.24) is 0 Å². The van der Waals surface area contributed by atoms with E-state index in [1.807, 2.05) is 0 Å². The maximum Gasteiger partial charge on any atom is 0.306 e. The number of ether oxygens (including phenoxy) is 1. The molecule has 0 rings (SSSR count). The number of hydrogen-bond donors (Lipinski definition) is 1. The van der Waals surface area contributed by atoms with Gasteiger partial charge in [-0.05, 0) is 12.2 Å². The SMILES string of the molecule is C=C/C(F)=C(\C=C)OCCC(=O)O. The van der Waals surface area contributed by atoms with Crippen molar-refractivity contribution in [3.63, 3.8) is 0 Å². The number of hydrogen-bond acceptors (Lipinski definition) is 2. The molecule has 0 bridgehead atoms. The Labute approximate surface area is 75.8 Å². The molecule has 0 amide bonds. The lowest BCUT2D eigenvalue weighted by Crippen LogP contribution is -2.02. The highest BCUT2D eigenvalue weighted by Gasteiger charge is 2.02. The van der Waals surface area contributed by atoms with Crippen molar-refractivity contribution in [2.75, 3.05) is 6.61 Å². The topological polar surface area (TPSA) is 46.5 Å². The molecule has 0 aliphatic heterocycles. The highest BCUT2D eigenvalue weighted by molar-refractivity contribution is 5.66. The molecule has 0 fully saturated rings. The van der Waals surface area contributed by atoms with Crippen molar-refractivity contribution in [1.29, 1.82) is 0 Å². The van der Waals surface area contributed by atoms with Gasteiger partial charge in [0.15, 0.2) is 11.6 Å². The Morgan fingerprint density at radius 2 is 2.08 bits per heavy atom. The van der Waals surface area contributed by atoms with E-state index >= 15 is 0 Å². The Kier molecular flexibility index (Phi) is 5.27. The lowest BCUT2D eigenvalue weighted by atomic mass is 10.4. The normalized spacial score (nSPS) is 11.5. The molecule has 0 unspecified atom stereocenters. The van der Waals surface area contributed by atoms with Gasteiger partial charge in [-0.15, -0.1) is 0 Å². The molecule has 0 spiro atoms. The van der Waals surface area contributed by atoms with Crippen LogP contribution in [0.25, 0.3) is 0 Å². The first-order chi connectivity index (χ1) is 6.11. The van der Waals surface area contributed by atoms with Crippen LogP contribution in [0.3, 0.4) is 0 Å². The van der Waals surface area contributed by atoms with Crippen molar-refractivity contribution in [2.24, 2.45) is 0 Å². The van der Waals surface area contributed by atoms with Crippen LogP contribution in [-0.2, 0) is 9.53 Å². The molecule has 72 valence electrons. The number of halogens is 1. The largest absolute Gasteiger partial charge is 0.490 e. The van der Waals surface area contributed by atoms with Crippen LogP contribution in [0.15, 0.2) is 36.9 Å². The van der Waals surface area contributed by atoms with E-state index in [0.717, 1.165) is 6.08 Å². The average Bonchev–Trinajstić information content (AvgIpc) is 2.11. The highest BCUT2D eigenvalue weighted by atomic mass is 19.1. The van der Waals surface area contributed by atoms with Crippen LogP contribution >= 0.6 is 0 Å². The predicted octanol–water partition coefficient (Wildman–Crippen LogP) is 2.03. The van der Waals surface area contributed by atoms with Gasteiger partial charge >= 0.3 is 5.97 Å². The van der Waals surface area contributed by atoms with Gasteiger partial charge in [-0.2, -0.15) is 0 Å². The molecule has 0 aliphatic rings. The number of allylic oxidation sites excluding steroid dienone is 3. The zero-order chi connectivity index (χ0) is 10.3. The van der Waals surface area contributed by atoms with Gasteiger partial charge in [-0.25, -0.2) is 4.39 Å². The molecule has 1 N–H and O–H groups in total. The van der Waals surface area contributed by atoms with Gasteiger partial charge in [0.1, 0.15) is 0 Å². The van der Waals surface area contributed by atoms with E-state index in [9.17, 15) is 9.18 Å². The second kappa shape index (κ2) is 5.99. The minimum atomic E-state index is -0.998. The third-order valence-corrected chi connectivity index (χ3v) is 1.17. The monoisotopic (exact) mass is 186 g/mol. The van der Waals surface area contributed by atoms with Crippen molar-refractivity contribution >= 4 is 5.97 Å². The van der Waals surface area contributed by atoms with E-state index in [4.69, 9.17) is 9.84 Å². The van der Waals surface area contributed by atoms with Gasteiger partial charge in [0, 0.05) is 0 Å². The molecule has 0 aliphatic carbocycles. The number of carboxylic acids is 1. The minimum Gasteiger partial charge on any atom is -0.490 e. The van der Waals surface area contributed by atoms with Crippen molar-refractivity contribution < 1.29 is 19.0 Å². The second-order valence-electron chi connectivity index (χ2n) is 2.11. The molecule has 0 saturated carbocycles. The van der Waals surface area contributed by atoms with Gasteiger partial charge < -0.3 is 9.84 Å². The molecule has 0 aromatic carbocycles. The molecule has 0 radical (unpaired) electrons. The number of aliphatic carboxylic acids is 1. The molecule has 0 aromatic heterocycles. The summed E-state index contributed by atoms with van der Waals surface area (Å²) in [5, 5.41) is 8.26. The van der Waals surface area contributed by atoms with Crippen molar-refractivity contribution in [3.05, 3.63) is 36.9 Å². The zero-order valence-electron chi connectivity index (χ0n) is 7.12. The fraction of sp³-hybridized carbons (Fsp3) is 0.222. The maximum absolute atomic E-state index is 12.7. The molecular formula is C9H11FO3. The predicted molar refractivity (Wildman–Crippen MR) is 46.7 cm³/mol. The van der Waals surface area contributed by atoms with Gasteiger partial charge in [0.05, 0.1) is 13.0 Å². The molecule has 0 saturated heterocycles. The summed E-state index contributed by atoms with van der Waals surface area (Å²) < 4.78 is 17.5. The Balaban J connectivity index is 4.07. The first kappa shape index (κ1) is 11.4. The molecule has 4 heteroatoms. The molecular weight excluding hydrogens is 175 g/mol. The number of rotatable bonds is 6. The zero-order valence-corrected chi connectivity index (χ0v) is 7.12. The summed E-state index contributed by atoms with van der Waals surface area (Å²) in [6.07, 6.45) is 1.96. The van der Waals surface area contributed by atoms with E-state index in [2.05, 4.69) is 13.2 Å². The summed E-state index contributed by atoms with van der Waals surface area (Å²) in [6, 6.07) is 0. The Bertz CT molecular complexity index is 243. The Morgan fingerprint density at radius 3 is 2.46 bits per heavy atom. The van der Waals surface area contributed by atoms with Gasteiger partial charge in [0.2, 0.25) is 0 Å². The Morgan fingerprint density at radius 1 is 1.46 bits per heavy atom. The van der Waals surface area contributed by atoms with E-state index in [-0.39, 0.29) is 18.8 Å². The van der Waals surface area contributed by atoms with Crippen LogP contribution < -0.4 is 0 Å². The summed E-state index contributed by atoms with van der Waals surface area (Å²) in [4.78, 5) is 10.1. The van der Waals surface area contributed by atoms with Crippen LogP contribution in [0, 0.1) is 0 Å². The van der Waals surface area contributed by atoms with Crippen LogP contribution in [-0.4, -0.2) is 17.7 Å². The third-order valence-electron chi connectivity index (χ3n) is 1.17. The van der Waals surface area contributed by atoms with E-state index in [0.29, 0.717) is 0 Å². The molecule has 0 aromatic rings. The summed E-state index contributed by atoms with van der Waals surface area (Å²) >= 11 is 0. The van der Waals surface area contributed by atoms with E-state index in [1.165, 1.54) is 6.08 Å². The summed E-state index contributed by atoms with van der Waals surface area (Å²) in [5.74, 6) is -1.74. The van der Waals surface area contributed by atoms with Gasteiger partial charge in [-0.1, -0.05) is 13.2 Å². The fourth-order valence-electron chi connectivity index (χ4n) is 0.574. The van der Waals surface area contributed by atoms with E-state index in [1.54, 1.807) is 0 Å². The van der Waals surface area contributed by atoms with E-state index < -0.39 is 11.8 Å². The van der Waals surface area contributed by atoms with Crippen LogP contribution in [0.4, 0.5) is 4.39 Å². The number of carboxylic acid groups (broad SMARTS) is 1. The minimum absolute atomic E-state index is 0.0854. The first-order valence-electron chi connectivity index (χ1n) is 3.61. The smallest absolute Gasteiger partial charge is 0.306 e. The van der Waals surface area contributed by atoms with Crippen LogP contribution in [0.5, 0.6) is 0 Å². The second-order valence-corrected chi connectivity index (χ2v) is 2.11. The lowest BCUT2D eigenvalue weighted by molar-refractivity contribution is -0.137. The van der Waals surface area contributed by atoms with Crippen LogP contribution in [0.1, 0.15) is 6.42 Å². The van der Waals surface area contributed by atoms with Crippen molar-refractivity contribution in [3.8, 4) is 0 Å². The fourth-order valence-corrected chi connectivity index (χ4v) is 0.574. The molecule has 0 atom stereocenters. The molecule has 13 heavy (non-hydrogen) atoms. The molecule has 0 heterocycles. The average molecular weight is 186 g/mol. The number of carbonyl (C=O) groups is 1. The quantitative estimate of drug-likeness (QED) is 0.510. The Hall–Kier alpha value is -1.58. The third kappa shape index (κ3) is 4.79. The molecule has 3 nitrogen and oxygen atoms in total. The summed E-state index contributed by atoms with van der Waals surface area (Å²) in [7, 11) is 0. The summed E-state index contributed by atoms with van der Waals surface area (Å²) in [5.41, 5.74) is 0. The highest BCUT2D eigenvalue weighted by Crippen LogP contribution is 2.09. The lowest BCUT2D eigenvalue weighted by Gasteiger charge is -2.04. The van der Waals surface area contributed by atoms with Crippen molar-refractivity contribution in [2.45, 2.75) is 6.42 Å². The van der Waals surface area contributed by atoms with Crippen LogP contribution in [0.2, 0.25) is 0 Å². The first-order valence-corrected chi connectivity index (χ1v) is 3.61. The summed E-state index contributed by atoms with van der Waals surface area (Å²) in [6.45, 7) is 6.42.